The Morgan fingerprint density at radius 3 is 2.07 bits per heavy atom. The van der Waals surface area contributed by atoms with Crippen LogP contribution in [0.5, 0.6) is 0 Å². The molecule has 0 atom stereocenters. The molecule has 1 heterocycles. The van der Waals surface area contributed by atoms with Crippen molar-refractivity contribution in [3.63, 3.8) is 0 Å². The molecule has 0 aliphatic carbocycles. The summed E-state index contributed by atoms with van der Waals surface area (Å²) in [7, 11) is 0. The van der Waals surface area contributed by atoms with E-state index in [0.717, 1.165) is 5.69 Å². The first-order valence-corrected chi connectivity index (χ1v) is 9.31. The quantitative estimate of drug-likeness (QED) is 0.758. The standard InChI is InChI=1S/C21H24N4O3/c1-15(26)22-18-8-5-9-19(14-18)23-20(27)16-10-12-25(13-11-16)21(28)24-17-6-3-2-4-7-17/h2-9,14,16H,10-13H2,1H3,(H,22,26)(H,23,27)(H,24,28). The van der Waals surface area contributed by atoms with Gasteiger partial charge in [-0.1, -0.05) is 24.3 Å². The van der Waals surface area contributed by atoms with Crippen molar-refractivity contribution in [1.29, 1.82) is 0 Å². The molecule has 1 aliphatic rings. The molecule has 7 heteroatoms. The molecule has 28 heavy (non-hydrogen) atoms. The molecule has 3 rings (SSSR count). The van der Waals surface area contributed by atoms with E-state index in [1.165, 1.54) is 6.92 Å². The SMILES string of the molecule is CC(=O)Nc1cccc(NC(=O)C2CCN(C(=O)Nc3ccccc3)CC2)c1. The van der Waals surface area contributed by atoms with E-state index in [1.54, 1.807) is 29.2 Å². The Bertz CT molecular complexity index is 846. The van der Waals surface area contributed by atoms with Crippen molar-refractivity contribution in [2.24, 2.45) is 5.92 Å². The Morgan fingerprint density at radius 2 is 1.43 bits per heavy atom. The van der Waals surface area contributed by atoms with Crippen molar-refractivity contribution < 1.29 is 14.4 Å². The van der Waals surface area contributed by atoms with Gasteiger partial charge < -0.3 is 20.9 Å². The number of hydrogen-bond donors (Lipinski definition) is 3. The van der Waals surface area contributed by atoms with E-state index in [4.69, 9.17) is 0 Å². The summed E-state index contributed by atoms with van der Waals surface area (Å²) >= 11 is 0. The summed E-state index contributed by atoms with van der Waals surface area (Å²) in [5.74, 6) is -0.377. The van der Waals surface area contributed by atoms with E-state index in [-0.39, 0.29) is 23.8 Å². The summed E-state index contributed by atoms with van der Waals surface area (Å²) in [6.45, 7) is 2.50. The maximum absolute atomic E-state index is 12.6. The van der Waals surface area contributed by atoms with Crippen LogP contribution in [-0.2, 0) is 9.59 Å². The summed E-state index contributed by atoms with van der Waals surface area (Å²) in [4.78, 5) is 37.8. The predicted octanol–water partition coefficient (Wildman–Crippen LogP) is 3.53. The minimum atomic E-state index is -0.162. The van der Waals surface area contributed by atoms with E-state index >= 15 is 0 Å². The topological polar surface area (TPSA) is 90.5 Å². The number of piperidine rings is 1. The first-order chi connectivity index (χ1) is 13.5. The van der Waals surface area contributed by atoms with Gasteiger partial charge in [0.25, 0.3) is 0 Å². The Hall–Kier alpha value is -3.35. The third-order valence-corrected chi connectivity index (χ3v) is 4.63. The van der Waals surface area contributed by atoms with Crippen LogP contribution in [0.4, 0.5) is 21.9 Å². The number of nitrogens with zero attached hydrogens (tertiary/aromatic N) is 1. The molecule has 146 valence electrons. The van der Waals surface area contributed by atoms with Crippen molar-refractivity contribution in [2.45, 2.75) is 19.8 Å². The van der Waals surface area contributed by atoms with Gasteiger partial charge in [-0.3, -0.25) is 9.59 Å². The van der Waals surface area contributed by atoms with Gasteiger partial charge in [0, 0.05) is 43.0 Å². The average Bonchev–Trinajstić information content (AvgIpc) is 2.68. The van der Waals surface area contributed by atoms with Crippen molar-refractivity contribution in [3.05, 3.63) is 54.6 Å². The number of carbonyl (C=O) groups excluding carboxylic acids is 3. The number of anilines is 3. The molecular formula is C21H24N4O3. The fourth-order valence-corrected chi connectivity index (χ4v) is 3.19. The number of nitrogens with one attached hydrogen (secondary N) is 3. The van der Waals surface area contributed by atoms with Crippen LogP contribution in [0.25, 0.3) is 0 Å². The van der Waals surface area contributed by atoms with Gasteiger partial charge in [-0.25, -0.2) is 4.79 Å². The molecular weight excluding hydrogens is 356 g/mol. The highest BCUT2D eigenvalue weighted by molar-refractivity contribution is 5.95. The minimum absolute atomic E-state index is 0.0666. The summed E-state index contributed by atoms with van der Waals surface area (Å²) in [6, 6.07) is 16.2. The van der Waals surface area contributed by atoms with Crippen LogP contribution in [0.3, 0.4) is 0 Å². The number of rotatable bonds is 4. The van der Waals surface area contributed by atoms with Gasteiger partial charge in [-0.2, -0.15) is 0 Å². The maximum Gasteiger partial charge on any atom is 0.321 e. The molecule has 0 unspecified atom stereocenters. The molecule has 0 aromatic heterocycles. The lowest BCUT2D eigenvalue weighted by Gasteiger charge is -2.31. The van der Waals surface area contributed by atoms with Gasteiger partial charge in [-0.05, 0) is 43.2 Å². The second kappa shape index (κ2) is 9.03. The van der Waals surface area contributed by atoms with Crippen LogP contribution in [0, 0.1) is 5.92 Å². The summed E-state index contributed by atoms with van der Waals surface area (Å²) in [5, 5.41) is 8.46. The van der Waals surface area contributed by atoms with Gasteiger partial charge in [0.1, 0.15) is 0 Å². The Kier molecular flexibility index (Phi) is 6.26. The predicted molar refractivity (Wildman–Crippen MR) is 109 cm³/mol. The van der Waals surface area contributed by atoms with Crippen molar-refractivity contribution in [3.8, 4) is 0 Å². The average molecular weight is 380 g/mol. The zero-order valence-corrected chi connectivity index (χ0v) is 15.8. The Balaban J connectivity index is 1.50. The number of urea groups is 1. The first kappa shape index (κ1) is 19.4. The van der Waals surface area contributed by atoms with Gasteiger partial charge in [0.15, 0.2) is 0 Å². The third-order valence-electron chi connectivity index (χ3n) is 4.63. The van der Waals surface area contributed by atoms with E-state index < -0.39 is 0 Å². The smallest absolute Gasteiger partial charge is 0.321 e. The number of amides is 4. The molecule has 1 aliphatic heterocycles. The van der Waals surface area contributed by atoms with Crippen LogP contribution in [0.2, 0.25) is 0 Å². The fraction of sp³-hybridized carbons (Fsp3) is 0.286. The van der Waals surface area contributed by atoms with Crippen LogP contribution < -0.4 is 16.0 Å². The third kappa shape index (κ3) is 5.33. The molecule has 4 amide bonds. The zero-order chi connectivity index (χ0) is 19.9. The zero-order valence-electron chi connectivity index (χ0n) is 15.8. The fourth-order valence-electron chi connectivity index (χ4n) is 3.19. The highest BCUT2D eigenvalue weighted by atomic mass is 16.2. The van der Waals surface area contributed by atoms with Crippen LogP contribution >= 0.6 is 0 Å². The van der Waals surface area contributed by atoms with Crippen LogP contribution in [0.1, 0.15) is 19.8 Å². The number of benzene rings is 2. The van der Waals surface area contributed by atoms with Crippen molar-refractivity contribution in [2.75, 3.05) is 29.0 Å². The first-order valence-electron chi connectivity index (χ1n) is 9.31. The van der Waals surface area contributed by atoms with E-state index in [9.17, 15) is 14.4 Å². The van der Waals surface area contributed by atoms with E-state index in [1.807, 2.05) is 30.3 Å². The molecule has 3 N–H and O–H groups in total. The summed E-state index contributed by atoms with van der Waals surface area (Å²) in [6.07, 6.45) is 1.22. The van der Waals surface area contributed by atoms with Gasteiger partial charge in [0.05, 0.1) is 0 Å². The number of likely N-dealkylation sites (tertiary alicyclic amines) is 1. The van der Waals surface area contributed by atoms with E-state index in [2.05, 4.69) is 16.0 Å². The van der Waals surface area contributed by atoms with Crippen molar-refractivity contribution in [1.82, 2.24) is 4.90 Å². The number of carbonyl (C=O) groups is 3. The minimum Gasteiger partial charge on any atom is -0.326 e. The molecule has 0 saturated carbocycles. The molecule has 2 aromatic carbocycles. The number of hydrogen-bond acceptors (Lipinski definition) is 3. The monoisotopic (exact) mass is 380 g/mol. The molecule has 1 saturated heterocycles. The molecule has 1 fully saturated rings. The Labute approximate surface area is 164 Å². The normalized spacial score (nSPS) is 14.2. The second-order valence-electron chi connectivity index (χ2n) is 6.81. The lowest BCUT2D eigenvalue weighted by Crippen LogP contribution is -2.43. The van der Waals surface area contributed by atoms with Gasteiger partial charge in [-0.15, -0.1) is 0 Å². The van der Waals surface area contributed by atoms with E-state index in [0.29, 0.717) is 37.3 Å². The lowest BCUT2D eigenvalue weighted by atomic mass is 9.96. The maximum atomic E-state index is 12.6. The summed E-state index contributed by atoms with van der Waals surface area (Å²) < 4.78 is 0. The largest absolute Gasteiger partial charge is 0.326 e. The molecule has 7 nitrogen and oxygen atoms in total. The Morgan fingerprint density at radius 1 is 0.821 bits per heavy atom. The van der Waals surface area contributed by atoms with Crippen LogP contribution in [0.15, 0.2) is 54.6 Å². The number of para-hydroxylation sites is 1. The van der Waals surface area contributed by atoms with Gasteiger partial charge in [0.2, 0.25) is 11.8 Å². The van der Waals surface area contributed by atoms with Crippen LogP contribution in [-0.4, -0.2) is 35.8 Å². The van der Waals surface area contributed by atoms with Crippen molar-refractivity contribution >= 4 is 34.9 Å². The molecule has 0 radical (unpaired) electrons. The second-order valence-corrected chi connectivity index (χ2v) is 6.81. The molecule has 0 bridgehead atoms. The summed E-state index contributed by atoms with van der Waals surface area (Å²) in [5.41, 5.74) is 2.03. The molecule has 2 aromatic rings. The molecule has 0 spiro atoms. The van der Waals surface area contributed by atoms with Gasteiger partial charge >= 0.3 is 6.03 Å². The highest BCUT2D eigenvalue weighted by Crippen LogP contribution is 2.22. The highest BCUT2D eigenvalue weighted by Gasteiger charge is 2.27. The lowest BCUT2D eigenvalue weighted by molar-refractivity contribution is -0.121.